The Morgan fingerprint density at radius 2 is 2.22 bits per heavy atom. The summed E-state index contributed by atoms with van der Waals surface area (Å²) >= 11 is 0. The Bertz CT molecular complexity index is 374. The molecule has 1 saturated carbocycles. The molecule has 2 rings (SSSR count). The molecule has 3 N–H and O–H groups in total. The lowest BCUT2D eigenvalue weighted by Gasteiger charge is -2.33. The predicted molar refractivity (Wildman–Crippen MR) is 71.3 cm³/mol. The fraction of sp³-hybridized carbons (Fsp3) is 0.714. The lowest BCUT2D eigenvalue weighted by molar-refractivity contribution is 0.109. The smallest absolute Gasteiger partial charge is 0.122 e. The molecule has 2 atom stereocenters. The summed E-state index contributed by atoms with van der Waals surface area (Å²) in [6.07, 6.45) is 3.30. The van der Waals surface area contributed by atoms with Gasteiger partial charge in [-0.1, -0.05) is 6.92 Å². The van der Waals surface area contributed by atoms with Crippen molar-refractivity contribution in [3.05, 3.63) is 23.7 Å². The van der Waals surface area contributed by atoms with E-state index in [1.807, 2.05) is 19.1 Å². The fourth-order valence-corrected chi connectivity index (χ4v) is 2.53. The van der Waals surface area contributed by atoms with Crippen molar-refractivity contribution in [1.29, 1.82) is 0 Å². The normalized spacial score (nSPS) is 19.2. The maximum absolute atomic E-state index is 9.26. The maximum atomic E-state index is 9.26. The molecule has 4 nitrogen and oxygen atoms in total. The first kappa shape index (κ1) is 13.6. The van der Waals surface area contributed by atoms with Gasteiger partial charge in [-0.2, -0.15) is 0 Å². The molecule has 1 aromatic heterocycles. The number of hydrogen-bond acceptors (Lipinski definition) is 4. The zero-order valence-electron chi connectivity index (χ0n) is 11.3. The quantitative estimate of drug-likeness (QED) is 0.777. The summed E-state index contributed by atoms with van der Waals surface area (Å²) in [7, 11) is 0. The minimum atomic E-state index is 0.0442. The third kappa shape index (κ3) is 2.94. The van der Waals surface area contributed by atoms with Crippen LogP contribution in [-0.4, -0.2) is 35.2 Å². The molecule has 0 bridgehead atoms. The highest BCUT2D eigenvalue weighted by molar-refractivity contribution is 5.13. The monoisotopic (exact) mass is 252 g/mol. The first-order valence-corrected chi connectivity index (χ1v) is 6.85. The van der Waals surface area contributed by atoms with Crippen molar-refractivity contribution < 1.29 is 9.52 Å². The molecule has 1 heterocycles. The molecule has 1 aromatic rings. The van der Waals surface area contributed by atoms with Crippen LogP contribution in [0.2, 0.25) is 0 Å². The summed E-state index contributed by atoms with van der Waals surface area (Å²) in [6.45, 7) is 4.88. The number of aliphatic hydroxyl groups excluding tert-OH is 1. The largest absolute Gasteiger partial charge is 0.465 e. The van der Waals surface area contributed by atoms with E-state index in [1.165, 1.54) is 12.8 Å². The van der Waals surface area contributed by atoms with Crippen LogP contribution >= 0.6 is 0 Å². The van der Waals surface area contributed by atoms with Crippen LogP contribution in [0.5, 0.6) is 0 Å². The molecule has 1 fully saturated rings. The Hall–Kier alpha value is -0.840. The first-order chi connectivity index (χ1) is 8.67. The van der Waals surface area contributed by atoms with E-state index in [1.54, 1.807) is 0 Å². The second-order valence-electron chi connectivity index (χ2n) is 5.16. The van der Waals surface area contributed by atoms with Crippen molar-refractivity contribution in [3.8, 4) is 0 Å². The summed E-state index contributed by atoms with van der Waals surface area (Å²) in [5, 5.41) is 9.26. The van der Waals surface area contributed by atoms with E-state index in [-0.39, 0.29) is 18.7 Å². The van der Waals surface area contributed by atoms with Gasteiger partial charge < -0.3 is 15.3 Å². The Balaban J connectivity index is 2.22. The van der Waals surface area contributed by atoms with Crippen LogP contribution < -0.4 is 5.73 Å². The van der Waals surface area contributed by atoms with Crippen molar-refractivity contribution in [2.24, 2.45) is 5.73 Å². The van der Waals surface area contributed by atoms with Gasteiger partial charge in [0.15, 0.2) is 0 Å². The fourth-order valence-electron chi connectivity index (χ4n) is 2.53. The van der Waals surface area contributed by atoms with E-state index >= 15 is 0 Å². The highest BCUT2D eigenvalue weighted by Crippen LogP contribution is 2.36. The van der Waals surface area contributed by atoms with Gasteiger partial charge in [0.1, 0.15) is 11.5 Å². The molecule has 4 heteroatoms. The van der Waals surface area contributed by atoms with E-state index in [0.29, 0.717) is 12.6 Å². The van der Waals surface area contributed by atoms with E-state index in [4.69, 9.17) is 10.2 Å². The second kappa shape index (κ2) is 5.87. The van der Waals surface area contributed by atoms with Crippen LogP contribution in [0.1, 0.15) is 43.7 Å². The van der Waals surface area contributed by atoms with Gasteiger partial charge in [0.2, 0.25) is 0 Å². The number of rotatable bonds is 7. The Morgan fingerprint density at radius 1 is 1.50 bits per heavy atom. The van der Waals surface area contributed by atoms with Gasteiger partial charge in [0.05, 0.1) is 12.6 Å². The summed E-state index contributed by atoms with van der Waals surface area (Å²) < 4.78 is 5.77. The lowest BCUT2D eigenvalue weighted by Crippen LogP contribution is -2.43. The summed E-state index contributed by atoms with van der Waals surface area (Å²) in [6, 6.07) is 4.69. The zero-order chi connectivity index (χ0) is 13.1. The first-order valence-electron chi connectivity index (χ1n) is 6.85. The third-order valence-electron chi connectivity index (χ3n) is 3.66. The second-order valence-corrected chi connectivity index (χ2v) is 5.16. The number of aliphatic hydroxyl groups is 1. The Morgan fingerprint density at radius 3 is 2.67 bits per heavy atom. The molecule has 18 heavy (non-hydrogen) atoms. The van der Waals surface area contributed by atoms with Gasteiger partial charge in [0.25, 0.3) is 0 Å². The highest BCUT2D eigenvalue weighted by Gasteiger charge is 2.37. The van der Waals surface area contributed by atoms with Crippen LogP contribution in [0.25, 0.3) is 0 Å². The molecule has 0 amide bonds. The average molecular weight is 252 g/mol. The van der Waals surface area contributed by atoms with E-state index in [0.717, 1.165) is 17.9 Å². The average Bonchev–Trinajstić information content (AvgIpc) is 3.12. The third-order valence-corrected chi connectivity index (χ3v) is 3.66. The number of hydrogen-bond donors (Lipinski definition) is 2. The minimum Gasteiger partial charge on any atom is -0.465 e. The molecule has 102 valence electrons. The molecule has 1 aliphatic carbocycles. The van der Waals surface area contributed by atoms with Crippen LogP contribution in [-0.2, 0) is 0 Å². The van der Waals surface area contributed by atoms with Gasteiger partial charge >= 0.3 is 0 Å². The van der Waals surface area contributed by atoms with Gasteiger partial charge in [-0.25, -0.2) is 0 Å². The molecule has 1 aliphatic rings. The van der Waals surface area contributed by atoms with Crippen molar-refractivity contribution in [2.75, 3.05) is 13.2 Å². The molecule has 2 unspecified atom stereocenters. The summed E-state index contributed by atoms with van der Waals surface area (Å²) in [5.74, 6) is 1.85. The lowest BCUT2D eigenvalue weighted by atomic mass is 10.0. The van der Waals surface area contributed by atoms with E-state index < -0.39 is 0 Å². The van der Waals surface area contributed by atoms with Gasteiger partial charge in [-0.15, -0.1) is 0 Å². The summed E-state index contributed by atoms with van der Waals surface area (Å²) in [5.41, 5.74) is 6.27. The highest BCUT2D eigenvalue weighted by atomic mass is 16.3. The van der Waals surface area contributed by atoms with Crippen molar-refractivity contribution in [1.82, 2.24) is 4.90 Å². The van der Waals surface area contributed by atoms with Crippen LogP contribution in [0.15, 0.2) is 16.5 Å². The Kier molecular flexibility index (Phi) is 4.43. The molecule has 0 aromatic carbocycles. The number of nitrogens with zero attached hydrogens (tertiary/aromatic N) is 1. The van der Waals surface area contributed by atoms with E-state index in [2.05, 4.69) is 11.8 Å². The van der Waals surface area contributed by atoms with Gasteiger partial charge in [-0.05, 0) is 38.3 Å². The molecule has 0 spiro atoms. The molecule has 0 aliphatic heterocycles. The van der Waals surface area contributed by atoms with Gasteiger partial charge in [0, 0.05) is 18.6 Å². The van der Waals surface area contributed by atoms with Crippen LogP contribution in [0.3, 0.4) is 0 Å². The topological polar surface area (TPSA) is 62.6 Å². The molecular weight excluding hydrogens is 228 g/mol. The van der Waals surface area contributed by atoms with Crippen molar-refractivity contribution >= 4 is 0 Å². The number of furan rings is 1. The molecular formula is C14H24N2O2. The SMILES string of the molecule is CCC(N)C(c1ccc(C)o1)N(CCO)C1CC1. The standard InChI is InChI=1S/C14H24N2O2/c1-3-12(15)14(13-7-4-10(2)18-13)16(8-9-17)11-5-6-11/h4,7,11-12,14,17H,3,5-6,8-9,15H2,1-2H3. The number of nitrogens with two attached hydrogens (primary N) is 1. The zero-order valence-corrected chi connectivity index (χ0v) is 11.3. The van der Waals surface area contributed by atoms with Gasteiger partial charge in [-0.3, -0.25) is 4.90 Å². The number of aryl methyl sites for hydroxylation is 1. The van der Waals surface area contributed by atoms with Crippen LogP contribution in [0.4, 0.5) is 0 Å². The minimum absolute atomic E-state index is 0.0442. The summed E-state index contributed by atoms with van der Waals surface area (Å²) in [4.78, 5) is 2.31. The molecule has 0 saturated heterocycles. The Labute approximate surface area is 109 Å². The van der Waals surface area contributed by atoms with Crippen molar-refractivity contribution in [2.45, 2.75) is 51.2 Å². The molecule has 0 radical (unpaired) electrons. The van der Waals surface area contributed by atoms with Crippen LogP contribution in [0, 0.1) is 6.92 Å². The predicted octanol–water partition coefficient (Wildman–Crippen LogP) is 1.82. The van der Waals surface area contributed by atoms with Crippen molar-refractivity contribution in [3.63, 3.8) is 0 Å². The maximum Gasteiger partial charge on any atom is 0.122 e. The van der Waals surface area contributed by atoms with E-state index in [9.17, 15) is 5.11 Å².